The first kappa shape index (κ1) is 60.9. The molecule has 0 heterocycles. The number of nitriles is 1. The second kappa shape index (κ2) is 20.8. The minimum absolute atomic E-state index is 0.0249. The van der Waals surface area contributed by atoms with E-state index in [-0.39, 0.29) is 11.5 Å². The van der Waals surface area contributed by atoms with Crippen molar-refractivity contribution >= 4 is 43.7 Å². The average molecular weight is 1150 g/mol. The summed E-state index contributed by atoms with van der Waals surface area (Å²) in [6, 6.07) is 8.58. The molecule has 0 fully saturated rings. The maximum Gasteiger partial charge on any atom is 0.416 e. The van der Waals surface area contributed by atoms with Crippen LogP contribution in [0.15, 0.2) is 132 Å². The number of halogens is 24. The van der Waals surface area contributed by atoms with Crippen molar-refractivity contribution < 1.29 is 114 Å². The first-order chi connectivity index (χ1) is 34.8. The zero-order valence-electron chi connectivity index (χ0n) is 37.7. The number of benzene rings is 6. The second-order valence-corrected chi connectivity index (χ2v) is 19.6. The van der Waals surface area contributed by atoms with Crippen molar-refractivity contribution in [3.05, 3.63) is 183 Å². The van der Waals surface area contributed by atoms with E-state index in [0.29, 0.717) is 16.0 Å². The van der Waals surface area contributed by atoms with Gasteiger partial charge in [0.15, 0.2) is 10.6 Å². The average Bonchev–Trinajstić information content (AvgIpc) is 3.29. The van der Waals surface area contributed by atoms with Crippen molar-refractivity contribution in [1.82, 2.24) is 0 Å². The van der Waals surface area contributed by atoms with E-state index in [1.54, 1.807) is 42.7 Å². The Labute approximate surface area is 418 Å². The molecule has 6 aromatic rings. The maximum absolute atomic E-state index is 14.2. The molecule has 0 N–H and O–H groups in total. The standard InChI is InChI=1S/C32H12BF24.C16H14NO2S/c34-25(35,36)13-1-14(26(37,38)39)6-21(5-13)33(22-7-15(27(40,41)42)2-16(8-22)28(43,44)45,23-9-17(29(46,47)48)3-18(10-23)30(49,50)51)24-11-19(31(52,53)54)4-20(12-24)32(55,56)57;1-20(19,15-5-3-2-4-6-15)12-16(18)14-9-7-13(11-17)8-10-14/h1-12H;2-10H,12H2,1H3/q-1;+1. The van der Waals surface area contributed by atoms with Crippen LogP contribution in [0.25, 0.3) is 0 Å². The van der Waals surface area contributed by atoms with Gasteiger partial charge in [-0.25, -0.2) is 0 Å². The van der Waals surface area contributed by atoms with Crippen molar-refractivity contribution in [2.45, 2.75) is 54.3 Å². The van der Waals surface area contributed by atoms with Gasteiger partial charge in [0, 0.05) is 5.56 Å². The Hall–Kier alpha value is -6.99. The van der Waals surface area contributed by atoms with E-state index in [4.69, 9.17) is 5.26 Å². The molecule has 0 aliphatic rings. The van der Waals surface area contributed by atoms with Gasteiger partial charge >= 0.3 is 49.4 Å². The smallest absolute Gasteiger partial charge is 0.289 e. The molecule has 0 aliphatic carbocycles. The number of alkyl halides is 24. The van der Waals surface area contributed by atoms with E-state index < -0.39 is 205 Å². The van der Waals surface area contributed by atoms with Crippen molar-refractivity contribution in [3.8, 4) is 6.07 Å². The molecule has 6 aromatic carbocycles. The highest BCUT2D eigenvalue weighted by atomic mass is 32.2. The van der Waals surface area contributed by atoms with E-state index in [1.165, 1.54) is 0 Å². The van der Waals surface area contributed by atoms with E-state index in [0.717, 1.165) is 0 Å². The summed E-state index contributed by atoms with van der Waals surface area (Å²) in [6.07, 6.45) is -53.2. The van der Waals surface area contributed by atoms with Gasteiger partial charge in [0.1, 0.15) is 22.3 Å². The molecule has 1 unspecified atom stereocenters. The van der Waals surface area contributed by atoms with Crippen LogP contribution in [0.1, 0.15) is 60.4 Å². The topological polar surface area (TPSA) is 57.9 Å². The lowest BCUT2D eigenvalue weighted by Gasteiger charge is -2.46. The molecule has 0 spiro atoms. The van der Waals surface area contributed by atoms with Crippen LogP contribution in [0, 0.1) is 11.3 Å². The highest BCUT2D eigenvalue weighted by molar-refractivity contribution is 8.03. The van der Waals surface area contributed by atoms with Gasteiger partial charge in [0.05, 0.1) is 56.1 Å². The minimum atomic E-state index is -6.13. The zero-order valence-corrected chi connectivity index (χ0v) is 38.5. The molecule has 0 aliphatic heterocycles. The van der Waals surface area contributed by atoms with Gasteiger partial charge in [-0.05, 0) is 60.7 Å². The molecule has 0 aromatic heterocycles. The van der Waals surface area contributed by atoms with Crippen LogP contribution in [0.4, 0.5) is 105 Å². The second-order valence-electron chi connectivity index (χ2n) is 16.8. The summed E-state index contributed by atoms with van der Waals surface area (Å²) in [5.41, 5.74) is -29.2. The highest BCUT2D eigenvalue weighted by Gasteiger charge is 2.47. The predicted octanol–water partition coefficient (Wildman–Crippen LogP) is 14.1. The summed E-state index contributed by atoms with van der Waals surface area (Å²) in [5.74, 6) is -0.200. The van der Waals surface area contributed by atoms with Crippen LogP contribution in [0.5, 0.6) is 0 Å². The Bertz CT molecular complexity index is 2790. The van der Waals surface area contributed by atoms with E-state index in [9.17, 15) is 114 Å². The summed E-state index contributed by atoms with van der Waals surface area (Å²) in [7, 11) is -2.39. The Balaban J connectivity index is 0.000000455. The fourth-order valence-corrected chi connectivity index (χ4v) is 9.49. The van der Waals surface area contributed by atoms with Gasteiger partial charge in [-0.1, -0.05) is 70.9 Å². The van der Waals surface area contributed by atoms with Crippen LogP contribution in [0.2, 0.25) is 0 Å². The molecule has 1 atom stereocenters. The van der Waals surface area contributed by atoms with Crippen LogP contribution in [-0.4, -0.2) is 23.9 Å². The summed E-state index contributed by atoms with van der Waals surface area (Å²) in [6.45, 7) is 0. The lowest BCUT2D eigenvalue weighted by molar-refractivity contribution is -0.144. The fraction of sp³-hybridized carbons (Fsp3) is 0.208. The van der Waals surface area contributed by atoms with Crippen molar-refractivity contribution in [3.63, 3.8) is 0 Å². The number of rotatable bonds is 8. The highest BCUT2D eigenvalue weighted by Crippen LogP contribution is 2.41. The molecule has 0 bridgehead atoms. The van der Waals surface area contributed by atoms with Gasteiger partial charge in [-0.15, -0.1) is 0 Å². The summed E-state index contributed by atoms with van der Waals surface area (Å²) in [4.78, 5) is 12.9. The Morgan fingerprint density at radius 2 is 0.636 bits per heavy atom. The fourth-order valence-electron chi connectivity index (χ4n) is 7.93. The molecule has 6 rings (SSSR count). The van der Waals surface area contributed by atoms with Crippen molar-refractivity contribution in [2.24, 2.45) is 0 Å². The van der Waals surface area contributed by atoms with Gasteiger partial charge in [-0.2, -0.15) is 132 Å². The van der Waals surface area contributed by atoms with Crippen LogP contribution in [-0.2, 0) is 63.6 Å². The molecule has 0 amide bonds. The predicted molar refractivity (Wildman–Crippen MR) is 229 cm³/mol. The lowest BCUT2D eigenvalue weighted by Crippen LogP contribution is -2.75. The number of ketones is 1. The number of nitrogens with zero attached hydrogens (tertiary/aromatic N) is 1. The Morgan fingerprint density at radius 1 is 0.403 bits per heavy atom. The van der Waals surface area contributed by atoms with Crippen LogP contribution < -0.4 is 21.9 Å². The van der Waals surface area contributed by atoms with Crippen LogP contribution >= 0.6 is 0 Å². The van der Waals surface area contributed by atoms with Crippen molar-refractivity contribution in [2.75, 3.05) is 12.0 Å². The third kappa shape index (κ3) is 14.1. The molecule has 29 heteroatoms. The molecule has 3 nitrogen and oxygen atoms in total. The first-order valence-electron chi connectivity index (χ1n) is 20.7. The summed E-state index contributed by atoms with van der Waals surface area (Å²) in [5, 5.41) is 8.72. The first-order valence-corrected chi connectivity index (χ1v) is 22.8. The lowest BCUT2D eigenvalue weighted by atomic mass is 9.12. The number of carbonyl (C=O) groups excluding carboxylic acids is 1. The summed E-state index contributed by atoms with van der Waals surface area (Å²) < 4.78 is 353. The molecular weight excluding hydrogens is 1120 g/mol. The van der Waals surface area contributed by atoms with E-state index in [1.807, 2.05) is 24.3 Å². The normalized spacial score (nSPS) is 14.0. The molecule has 0 saturated heterocycles. The maximum atomic E-state index is 14.2. The van der Waals surface area contributed by atoms with Gasteiger partial charge in [0.2, 0.25) is 5.78 Å². The van der Waals surface area contributed by atoms with E-state index >= 15 is 0 Å². The van der Waals surface area contributed by atoms with E-state index in [2.05, 4.69) is 0 Å². The number of Topliss-reactive ketones (excluding diaryl/α,β-unsaturated/α-hetero) is 1. The molecule has 0 saturated carbocycles. The van der Waals surface area contributed by atoms with Gasteiger partial charge in [-0.3, -0.25) is 4.79 Å². The third-order valence-electron chi connectivity index (χ3n) is 11.4. The monoisotopic (exact) mass is 1150 g/mol. The Kier molecular flexibility index (Phi) is 16.4. The quantitative estimate of drug-likeness (QED) is 0.0660. The van der Waals surface area contributed by atoms with Crippen LogP contribution in [0.3, 0.4) is 0 Å². The Morgan fingerprint density at radius 3 is 0.844 bits per heavy atom. The number of hydrogen-bond donors (Lipinski definition) is 0. The number of carbonyl (C=O) groups is 1. The molecular formula is C48H26BF24NO2S. The zero-order chi connectivity index (χ0) is 58.5. The van der Waals surface area contributed by atoms with Gasteiger partial charge in [0.25, 0.3) is 0 Å². The van der Waals surface area contributed by atoms with Gasteiger partial charge < -0.3 is 0 Å². The molecule has 77 heavy (non-hydrogen) atoms. The van der Waals surface area contributed by atoms with Crippen molar-refractivity contribution in [1.29, 1.82) is 5.26 Å². The molecule has 0 radical (unpaired) electrons. The third-order valence-corrected chi connectivity index (χ3v) is 13.5. The minimum Gasteiger partial charge on any atom is -0.289 e. The summed E-state index contributed by atoms with van der Waals surface area (Å²) >= 11 is 0. The SMILES string of the molecule is C[S+](=O)(CC(=O)c1ccc(C#N)cc1)c1ccccc1.FC(F)(F)c1cc([B-](c2cc(C(F)(F)F)cc(C(F)(F)F)c2)(c2cc(C(F)(F)F)cc(C(F)(F)F)c2)c2cc(C(F)(F)F)cc(C(F)(F)F)c2)cc(C(F)(F)F)c1. The molecule has 412 valence electrons. The largest absolute Gasteiger partial charge is 0.416 e. The number of hydrogen-bond acceptors (Lipinski definition) is 3.